The topological polar surface area (TPSA) is 75.6 Å². The van der Waals surface area contributed by atoms with Gasteiger partial charge in [-0.15, -0.1) is 11.8 Å². The minimum Gasteiger partial charge on any atom is -0.495 e. The standard InChI is InChI=1S/C12H15NO4S/c1-8(18-7-11(14)15)12(16)13-9-5-3-4-6-10(9)17-2/h3-6,8H,7H2,1-2H3,(H,13,16)(H,14,15). The van der Waals surface area contributed by atoms with E-state index in [1.807, 2.05) is 0 Å². The summed E-state index contributed by atoms with van der Waals surface area (Å²) < 4.78 is 5.11. The molecule has 5 nitrogen and oxygen atoms in total. The molecule has 0 saturated carbocycles. The molecule has 1 atom stereocenters. The van der Waals surface area contributed by atoms with Crippen molar-refractivity contribution in [2.24, 2.45) is 0 Å². The molecule has 2 N–H and O–H groups in total. The second-order valence-corrected chi connectivity index (χ2v) is 4.87. The van der Waals surface area contributed by atoms with Crippen LogP contribution in [0, 0.1) is 0 Å². The zero-order valence-electron chi connectivity index (χ0n) is 10.2. The summed E-state index contributed by atoms with van der Waals surface area (Å²) in [6, 6.07) is 7.06. The summed E-state index contributed by atoms with van der Waals surface area (Å²) in [4.78, 5) is 22.2. The van der Waals surface area contributed by atoms with Crippen LogP contribution in [-0.4, -0.2) is 35.1 Å². The highest BCUT2D eigenvalue weighted by Gasteiger charge is 2.16. The Kier molecular flexibility index (Phi) is 5.51. The maximum Gasteiger partial charge on any atom is 0.313 e. The lowest BCUT2D eigenvalue weighted by molar-refractivity contribution is -0.133. The number of carboxylic acid groups (broad SMARTS) is 1. The Hall–Kier alpha value is -1.69. The molecule has 1 rings (SSSR count). The first-order chi connectivity index (χ1) is 8.54. The molecule has 18 heavy (non-hydrogen) atoms. The van der Waals surface area contributed by atoms with E-state index in [2.05, 4.69) is 5.32 Å². The van der Waals surface area contributed by atoms with Crippen LogP contribution in [0.4, 0.5) is 5.69 Å². The van der Waals surface area contributed by atoms with Crippen LogP contribution in [0.15, 0.2) is 24.3 Å². The van der Waals surface area contributed by atoms with Gasteiger partial charge < -0.3 is 15.2 Å². The number of anilines is 1. The second kappa shape index (κ2) is 6.90. The first-order valence-electron chi connectivity index (χ1n) is 5.32. The van der Waals surface area contributed by atoms with Gasteiger partial charge in [-0.05, 0) is 19.1 Å². The molecular weight excluding hydrogens is 254 g/mol. The van der Waals surface area contributed by atoms with Gasteiger partial charge >= 0.3 is 5.97 Å². The molecular formula is C12H15NO4S. The average molecular weight is 269 g/mol. The van der Waals surface area contributed by atoms with Crippen molar-refractivity contribution >= 4 is 29.3 Å². The molecule has 0 aliphatic carbocycles. The van der Waals surface area contributed by atoms with E-state index < -0.39 is 11.2 Å². The van der Waals surface area contributed by atoms with Crippen molar-refractivity contribution in [3.63, 3.8) is 0 Å². The van der Waals surface area contributed by atoms with Crippen molar-refractivity contribution < 1.29 is 19.4 Å². The number of carboxylic acids is 1. The number of thioether (sulfide) groups is 1. The summed E-state index contributed by atoms with van der Waals surface area (Å²) in [6.45, 7) is 1.67. The first-order valence-corrected chi connectivity index (χ1v) is 6.36. The lowest BCUT2D eigenvalue weighted by Crippen LogP contribution is -2.23. The molecule has 0 spiro atoms. The highest BCUT2D eigenvalue weighted by Crippen LogP contribution is 2.24. The van der Waals surface area contributed by atoms with Gasteiger partial charge in [0.25, 0.3) is 0 Å². The summed E-state index contributed by atoms with van der Waals surface area (Å²) in [5, 5.41) is 10.8. The lowest BCUT2D eigenvalue weighted by Gasteiger charge is -2.13. The van der Waals surface area contributed by atoms with Crippen LogP contribution >= 0.6 is 11.8 Å². The van der Waals surface area contributed by atoms with Crippen LogP contribution in [0.3, 0.4) is 0 Å². The maximum atomic E-state index is 11.8. The van der Waals surface area contributed by atoms with Crippen molar-refractivity contribution in [1.82, 2.24) is 0 Å². The zero-order valence-corrected chi connectivity index (χ0v) is 11.0. The molecule has 1 aromatic rings. The van der Waals surface area contributed by atoms with Gasteiger partial charge in [0.05, 0.1) is 23.8 Å². The summed E-state index contributed by atoms with van der Waals surface area (Å²) in [7, 11) is 1.52. The summed E-state index contributed by atoms with van der Waals surface area (Å²) in [5.41, 5.74) is 0.577. The number of hydrogen-bond donors (Lipinski definition) is 2. The van der Waals surface area contributed by atoms with E-state index in [1.54, 1.807) is 31.2 Å². The van der Waals surface area contributed by atoms with Crippen LogP contribution in [-0.2, 0) is 9.59 Å². The largest absolute Gasteiger partial charge is 0.495 e. The van der Waals surface area contributed by atoms with Crippen LogP contribution < -0.4 is 10.1 Å². The third-order valence-electron chi connectivity index (χ3n) is 2.19. The fourth-order valence-corrected chi connectivity index (χ4v) is 1.86. The molecule has 98 valence electrons. The molecule has 0 fully saturated rings. The minimum absolute atomic E-state index is 0.0967. The summed E-state index contributed by atoms with van der Waals surface area (Å²) >= 11 is 1.07. The number of benzene rings is 1. The van der Waals surface area contributed by atoms with Gasteiger partial charge in [0.1, 0.15) is 5.75 Å². The second-order valence-electron chi connectivity index (χ2n) is 3.54. The Morgan fingerprint density at radius 1 is 1.44 bits per heavy atom. The van der Waals surface area contributed by atoms with Crippen molar-refractivity contribution in [2.75, 3.05) is 18.2 Å². The number of carbonyl (C=O) groups excluding carboxylic acids is 1. The summed E-state index contributed by atoms with van der Waals surface area (Å²) in [6.07, 6.45) is 0. The van der Waals surface area contributed by atoms with Crippen LogP contribution in [0.1, 0.15) is 6.92 Å². The molecule has 1 aromatic carbocycles. The van der Waals surface area contributed by atoms with Crippen LogP contribution in [0.25, 0.3) is 0 Å². The molecule has 0 aliphatic rings. The van der Waals surface area contributed by atoms with E-state index in [9.17, 15) is 9.59 Å². The molecule has 0 saturated heterocycles. The van der Waals surface area contributed by atoms with Gasteiger partial charge in [0, 0.05) is 0 Å². The van der Waals surface area contributed by atoms with E-state index in [1.165, 1.54) is 7.11 Å². The Bertz CT molecular complexity index is 436. The minimum atomic E-state index is -0.933. The predicted molar refractivity (Wildman–Crippen MR) is 71.2 cm³/mol. The monoisotopic (exact) mass is 269 g/mol. The van der Waals surface area contributed by atoms with E-state index in [0.717, 1.165) is 11.8 Å². The third-order valence-corrected chi connectivity index (χ3v) is 3.32. The maximum absolute atomic E-state index is 11.8. The Morgan fingerprint density at radius 3 is 2.72 bits per heavy atom. The Labute approximate surface area is 110 Å². The van der Waals surface area contributed by atoms with Crippen molar-refractivity contribution in [1.29, 1.82) is 0 Å². The Morgan fingerprint density at radius 2 is 2.11 bits per heavy atom. The molecule has 1 amide bonds. The van der Waals surface area contributed by atoms with Crippen LogP contribution in [0.2, 0.25) is 0 Å². The molecule has 0 aromatic heterocycles. The van der Waals surface area contributed by atoms with Crippen molar-refractivity contribution in [2.45, 2.75) is 12.2 Å². The third kappa shape index (κ3) is 4.29. The van der Waals surface area contributed by atoms with E-state index in [-0.39, 0.29) is 11.7 Å². The number of hydrogen-bond acceptors (Lipinski definition) is 4. The molecule has 0 bridgehead atoms. The number of nitrogens with one attached hydrogen (secondary N) is 1. The highest BCUT2D eigenvalue weighted by molar-refractivity contribution is 8.01. The Balaban J connectivity index is 2.60. The SMILES string of the molecule is COc1ccccc1NC(=O)C(C)SCC(=O)O. The normalized spacial score (nSPS) is 11.7. The fraction of sp³-hybridized carbons (Fsp3) is 0.333. The fourth-order valence-electron chi connectivity index (χ4n) is 1.25. The number of para-hydroxylation sites is 2. The number of carbonyl (C=O) groups is 2. The number of aliphatic carboxylic acids is 1. The number of amides is 1. The van der Waals surface area contributed by atoms with Gasteiger partial charge in [-0.1, -0.05) is 12.1 Å². The molecule has 6 heteroatoms. The highest BCUT2D eigenvalue weighted by atomic mass is 32.2. The molecule has 0 radical (unpaired) electrons. The van der Waals surface area contributed by atoms with E-state index >= 15 is 0 Å². The van der Waals surface area contributed by atoms with Gasteiger partial charge in [-0.3, -0.25) is 9.59 Å². The number of rotatable bonds is 6. The van der Waals surface area contributed by atoms with Crippen molar-refractivity contribution in [3.05, 3.63) is 24.3 Å². The average Bonchev–Trinajstić information content (AvgIpc) is 2.36. The molecule has 1 unspecified atom stereocenters. The van der Waals surface area contributed by atoms with Gasteiger partial charge in [-0.25, -0.2) is 0 Å². The van der Waals surface area contributed by atoms with Gasteiger partial charge in [0.2, 0.25) is 5.91 Å². The predicted octanol–water partition coefficient (Wildman–Crippen LogP) is 1.84. The van der Waals surface area contributed by atoms with Crippen LogP contribution in [0.5, 0.6) is 5.75 Å². The zero-order chi connectivity index (χ0) is 13.5. The number of methoxy groups -OCH3 is 1. The lowest BCUT2D eigenvalue weighted by atomic mass is 10.3. The smallest absolute Gasteiger partial charge is 0.313 e. The first kappa shape index (κ1) is 14.4. The summed E-state index contributed by atoms with van der Waals surface area (Å²) in [5.74, 6) is -0.704. The van der Waals surface area contributed by atoms with E-state index in [4.69, 9.17) is 9.84 Å². The molecule has 0 aliphatic heterocycles. The number of ether oxygens (including phenoxy) is 1. The van der Waals surface area contributed by atoms with Gasteiger partial charge in [0.15, 0.2) is 0 Å². The van der Waals surface area contributed by atoms with Gasteiger partial charge in [-0.2, -0.15) is 0 Å². The molecule has 0 heterocycles. The van der Waals surface area contributed by atoms with Crippen molar-refractivity contribution in [3.8, 4) is 5.75 Å². The van der Waals surface area contributed by atoms with E-state index in [0.29, 0.717) is 11.4 Å². The quantitative estimate of drug-likeness (QED) is 0.824.